The Morgan fingerprint density at radius 1 is 1.23 bits per heavy atom. The van der Waals surface area contributed by atoms with Gasteiger partial charge in [0.05, 0.1) is 31.2 Å². The summed E-state index contributed by atoms with van der Waals surface area (Å²) in [6.45, 7) is 8.91. The topological polar surface area (TPSA) is 145 Å². The van der Waals surface area contributed by atoms with E-state index in [1.165, 1.54) is 14.2 Å². The van der Waals surface area contributed by atoms with Crippen molar-refractivity contribution in [3.8, 4) is 5.75 Å². The van der Waals surface area contributed by atoms with Crippen molar-refractivity contribution in [3.63, 3.8) is 0 Å². The molecule has 0 saturated carbocycles. The summed E-state index contributed by atoms with van der Waals surface area (Å²) in [7, 11) is 2.94. The molecule has 3 heterocycles. The summed E-state index contributed by atoms with van der Waals surface area (Å²) in [5, 5.41) is 17.2. The summed E-state index contributed by atoms with van der Waals surface area (Å²) in [6.07, 6.45) is 1.59. The molecule has 4 bridgehead atoms. The first-order chi connectivity index (χ1) is 20.2. The van der Waals surface area contributed by atoms with Crippen LogP contribution in [0.2, 0.25) is 5.02 Å². The van der Waals surface area contributed by atoms with Crippen LogP contribution in [0, 0.1) is 11.8 Å². The Morgan fingerprint density at radius 3 is 2.60 bits per heavy atom. The number of hydrogen-bond acceptors (Lipinski definition) is 9. The maximum absolute atomic E-state index is 13.4. The predicted molar refractivity (Wildman–Crippen MR) is 159 cm³/mol. The molecule has 0 aromatic heterocycles. The van der Waals surface area contributed by atoms with Gasteiger partial charge in [0.25, 0.3) is 0 Å². The highest BCUT2D eigenvalue weighted by Crippen LogP contribution is 2.49. The number of fused-ring (bicyclic) bond motifs is 5. The van der Waals surface area contributed by atoms with E-state index in [1.807, 2.05) is 19.9 Å². The Labute approximate surface area is 256 Å². The van der Waals surface area contributed by atoms with Crippen LogP contribution in [0.15, 0.2) is 35.9 Å². The van der Waals surface area contributed by atoms with Crippen LogP contribution in [-0.4, -0.2) is 73.0 Å². The smallest absolute Gasteiger partial charge is 0.409 e. The van der Waals surface area contributed by atoms with Gasteiger partial charge >= 0.3 is 12.1 Å². The Bertz CT molecular complexity index is 1310. The lowest BCUT2D eigenvalue weighted by Gasteiger charge is -2.42. The van der Waals surface area contributed by atoms with Gasteiger partial charge in [0.2, 0.25) is 5.91 Å². The van der Waals surface area contributed by atoms with E-state index in [0.717, 1.165) is 11.1 Å². The number of carbonyl (C=O) groups excluding carboxylic acids is 3. The van der Waals surface area contributed by atoms with E-state index in [9.17, 15) is 19.5 Å². The fourth-order valence-electron chi connectivity index (χ4n) is 5.68. The highest BCUT2D eigenvalue weighted by atomic mass is 35.5. The maximum atomic E-state index is 13.4. The zero-order valence-corrected chi connectivity index (χ0v) is 26.3. The van der Waals surface area contributed by atoms with E-state index in [0.29, 0.717) is 17.9 Å². The molecule has 1 unspecified atom stereocenters. The van der Waals surface area contributed by atoms with Crippen molar-refractivity contribution in [1.29, 1.82) is 0 Å². The fraction of sp³-hybridized carbons (Fsp3) is 0.581. The fourth-order valence-corrected chi connectivity index (χ4v) is 5.92. The number of esters is 1. The second-order valence-corrected chi connectivity index (χ2v) is 12.4. The number of benzene rings is 1. The molecule has 3 N–H and O–H groups in total. The first kappa shape index (κ1) is 32.8. The third-order valence-electron chi connectivity index (χ3n) is 8.25. The molecule has 4 rings (SSSR count). The molecule has 1 aromatic rings. The van der Waals surface area contributed by atoms with E-state index >= 15 is 0 Å². The van der Waals surface area contributed by atoms with E-state index < -0.39 is 65.5 Å². The Morgan fingerprint density at radius 2 is 1.95 bits per heavy atom. The summed E-state index contributed by atoms with van der Waals surface area (Å²) < 4.78 is 28.6. The monoisotopic (exact) mass is 620 g/mol. The number of epoxide rings is 1. The van der Waals surface area contributed by atoms with Crippen LogP contribution in [-0.2, 0) is 35.0 Å². The predicted octanol–water partition coefficient (Wildman–Crippen LogP) is 4.30. The first-order valence-corrected chi connectivity index (χ1v) is 14.7. The van der Waals surface area contributed by atoms with Gasteiger partial charge in [-0.25, -0.2) is 4.79 Å². The highest BCUT2D eigenvalue weighted by molar-refractivity contribution is 6.35. The van der Waals surface area contributed by atoms with Gasteiger partial charge in [-0.05, 0) is 38.0 Å². The largest absolute Gasteiger partial charge is 0.495 e. The van der Waals surface area contributed by atoms with Gasteiger partial charge in [-0.1, -0.05) is 56.2 Å². The lowest BCUT2D eigenvalue weighted by Crippen LogP contribution is -2.63. The molecule has 0 radical (unpaired) electrons. The lowest BCUT2D eigenvalue weighted by atomic mass is 9.83. The number of anilines is 1. The molecule has 0 spiro atoms. The number of methoxy groups -OCH3 is 2. The Balaban J connectivity index is 1.76. The number of aliphatic hydroxyl groups is 1. The van der Waals surface area contributed by atoms with Crippen LogP contribution >= 0.6 is 11.6 Å². The van der Waals surface area contributed by atoms with Crippen LogP contribution in [0.1, 0.15) is 53.0 Å². The number of halogens is 1. The van der Waals surface area contributed by atoms with Crippen molar-refractivity contribution in [2.24, 2.45) is 11.8 Å². The number of allylic oxidation sites excluding steroid dienone is 3. The van der Waals surface area contributed by atoms with Gasteiger partial charge in [-0.15, -0.1) is 0 Å². The van der Waals surface area contributed by atoms with E-state index in [1.54, 1.807) is 45.1 Å². The molecular weight excluding hydrogens is 580 g/mol. The summed E-state index contributed by atoms with van der Waals surface area (Å²) in [5.74, 6) is -1.41. The lowest BCUT2D eigenvalue weighted by molar-refractivity contribution is -0.157. The average molecular weight is 621 g/mol. The van der Waals surface area contributed by atoms with Crippen molar-refractivity contribution in [2.45, 2.75) is 89.6 Å². The standard InChI is InChI=1S/C31H41ClN2O9/c1-16(2)28(36)42-24-14-25(35)33-20-12-19(13-21(39-6)26(20)32)11-17(3)9-8-10-23(40-7)31(38)15-22(41-29(37)34-31)18(4)27-30(24,5)43-27/h8-10,12-13,16,18,22-24,27,38H,11,14-15H2,1-7H3,(H,33,35)(H,34,37)/b10-8+,17-9-/t18-,22+,23-,24?,27+,30+,31+/m1/s1. The zero-order chi connectivity index (χ0) is 31.7. The number of carbonyl (C=O) groups is 3. The summed E-state index contributed by atoms with van der Waals surface area (Å²) in [5.41, 5.74) is -0.698. The van der Waals surface area contributed by atoms with Gasteiger partial charge in [-0.2, -0.15) is 0 Å². The molecule has 12 heteroatoms. The van der Waals surface area contributed by atoms with Crippen molar-refractivity contribution in [3.05, 3.63) is 46.5 Å². The molecule has 3 aliphatic heterocycles. The van der Waals surface area contributed by atoms with Crippen molar-refractivity contribution in [2.75, 3.05) is 19.5 Å². The normalized spacial score (nSPS) is 34.9. The van der Waals surface area contributed by atoms with Crippen molar-refractivity contribution in [1.82, 2.24) is 5.32 Å². The van der Waals surface area contributed by atoms with Crippen LogP contribution in [0.5, 0.6) is 5.75 Å². The summed E-state index contributed by atoms with van der Waals surface area (Å²) in [4.78, 5) is 38.8. The molecule has 7 atom stereocenters. The molecule has 11 nitrogen and oxygen atoms in total. The molecule has 236 valence electrons. The van der Waals surface area contributed by atoms with E-state index in [4.69, 9.17) is 35.3 Å². The van der Waals surface area contributed by atoms with E-state index in [-0.39, 0.29) is 17.9 Å². The zero-order valence-electron chi connectivity index (χ0n) is 25.6. The Kier molecular flexibility index (Phi) is 9.80. The van der Waals surface area contributed by atoms with Gasteiger partial charge < -0.3 is 34.1 Å². The quantitative estimate of drug-likeness (QED) is 0.331. The minimum absolute atomic E-state index is 0.00243. The van der Waals surface area contributed by atoms with Gasteiger partial charge in [-0.3, -0.25) is 14.9 Å². The molecule has 43 heavy (non-hydrogen) atoms. The minimum Gasteiger partial charge on any atom is -0.495 e. The first-order valence-electron chi connectivity index (χ1n) is 14.3. The second-order valence-electron chi connectivity index (χ2n) is 12.0. The van der Waals surface area contributed by atoms with Gasteiger partial charge in [0.1, 0.15) is 34.7 Å². The van der Waals surface area contributed by atoms with E-state index in [2.05, 4.69) is 10.6 Å². The van der Waals surface area contributed by atoms with Gasteiger partial charge in [0.15, 0.2) is 5.72 Å². The molecular formula is C31H41ClN2O9. The van der Waals surface area contributed by atoms with Crippen LogP contribution in [0.25, 0.3) is 0 Å². The van der Waals surface area contributed by atoms with Crippen LogP contribution in [0.4, 0.5) is 10.5 Å². The average Bonchev–Trinajstić information content (AvgIpc) is 3.63. The molecule has 1 aromatic carbocycles. The molecule has 2 saturated heterocycles. The number of rotatable bonds is 4. The molecule has 3 aliphatic rings. The molecule has 0 aliphatic carbocycles. The molecule has 2 fully saturated rings. The van der Waals surface area contributed by atoms with Gasteiger partial charge in [0, 0.05) is 19.4 Å². The number of hydrogen-bond donors (Lipinski definition) is 3. The second kappa shape index (κ2) is 12.9. The number of alkyl carbamates (subject to hydrolysis) is 1. The third kappa shape index (κ3) is 7.17. The van der Waals surface area contributed by atoms with Crippen LogP contribution < -0.4 is 15.4 Å². The van der Waals surface area contributed by atoms with Crippen LogP contribution in [0.3, 0.4) is 0 Å². The highest BCUT2D eigenvalue weighted by Gasteiger charge is 2.64. The number of ether oxygens (including phenoxy) is 5. The number of nitrogens with one attached hydrogen (secondary N) is 2. The molecule has 2 amide bonds. The minimum atomic E-state index is -1.77. The maximum Gasteiger partial charge on any atom is 0.409 e. The van der Waals surface area contributed by atoms with Crippen molar-refractivity contribution < 1.29 is 43.2 Å². The number of amides is 2. The SMILES string of the molecule is COc1cc2cc(c1Cl)NC(=O)CC(OC(=O)C(C)C)[C@]1(C)O[C@H]1[C@H](C)[C@@H]1C[C@@](O)(NC(=O)O1)[C@H](OC)/C=C/C=C(/C)C2. The summed E-state index contributed by atoms with van der Waals surface area (Å²) >= 11 is 6.57. The van der Waals surface area contributed by atoms with Crippen molar-refractivity contribution >= 4 is 35.3 Å². The summed E-state index contributed by atoms with van der Waals surface area (Å²) in [6, 6.07) is 3.56. The third-order valence-corrected chi connectivity index (χ3v) is 8.64. The Hall–Kier alpha value is -3.12.